The van der Waals surface area contributed by atoms with Crippen LogP contribution in [0.15, 0.2) is 40.9 Å². The highest BCUT2D eigenvalue weighted by Crippen LogP contribution is 2.31. The monoisotopic (exact) mass is 352 g/mol. The van der Waals surface area contributed by atoms with E-state index < -0.39 is 0 Å². The Hall–Kier alpha value is -1.59. The standard InChI is InChI=1S/C16H14BrFO3/c17-14-5-10(8-19)1-3-16(14)20-9-13-7-11-6-12(18)2-4-15(11)21-13/h1-6,13,19H,7-9H2. The summed E-state index contributed by atoms with van der Waals surface area (Å²) in [6, 6.07) is 9.97. The summed E-state index contributed by atoms with van der Waals surface area (Å²) in [5.74, 6) is 1.17. The van der Waals surface area contributed by atoms with Crippen LogP contribution in [0, 0.1) is 5.82 Å². The van der Waals surface area contributed by atoms with Crippen molar-refractivity contribution in [3.63, 3.8) is 0 Å². The van der Waals surface area contributed by atoms with Crippen LogP contribution in [0.1, 0.15) is 11.1 Å². The molecule has 21 heavy (non-hydrogen) atoms. The van der Waals surface area contributed by atoms with Crippen LogP contribution in [-0.2, 0) is 13.0 Å². The number of fused-ring (bicyclic) bond motifs is 1. The summed E-state index contributed by atoms with van der Waals surface area (Å²) in [6.45, 7) is 0.374. The zero-order chi connectivity index (χ0) is 14.8. The van der Waals surface area contributed by atoms with Crippen LogP contribution >= 0.6 is 15.9 Å². The summed E-state index contributed by atoms with van der Waals surface area (Å²) < 4.78 is 25.4. The van der Waals surface area contributed by atoms with Crippen molar-refractivity contribution in [1.29, 1.82) is 0 Å². The van der Waals surface area contributed by atoms with Crippen LogP contribution in [0.5, 0.6) is 11.5 Å². The molecule has 0 saturated carbocycles. The van der Waals surface area contributed by atoms with Gasteiger partial charge in [0.05, 0.1) is 11.1 Å². The Morgan fingerprint density at radius 3 is 2.90 bits per heavy atom. The van der Waals surface area contributed by atoms with Crippen molar-refractivity contribution in [1.82, 2.24) is 0 Å². The average Bonchev–Trinajstić information content (AvgIpc) is 2.87. The maximum absolute atomic E-state index is 13.2. The highest BCUT2D eigenvalue weighted by atomic mass is 79.9. The topological polar surface area (TPSA) is 38.7 Å². The molecule has 3 rings (SSSR count). The Balaban J connectivity index is 1.62. The van der Waals surface area contributed by atoms with Crippen molar-refractivity contribution in [2.75, 3.05) is 6.61 Å². The van der Waals surface area contributed by atoms with Crippen molar-refractivity contribution in [3.05, 3.63) is 57.8 Å². The van der Waals surface area contributed by atoms with Gasteiger partial charge in [-0.2, -0.15) is 0 Å². The maximum atomic E-state index is 13.2. The number of hydrogen-bond acceptors (Lipinski definition) is 3. The molecule has 1 aliphatic heterocycles. The highest BCUT2D eigenvalue weighted by Gasteiger charge is 2.24. The first-order valence-electron chi connectivity index (χ1n) is 6.63. The minimum absolute atomic E-state index is 0.00844. The van der Waals surface area contributed by atoms with Gasteiger partial charge >= 0.3 is 0 Å². The number of hydrogen-bond donors (Lipinski definition) is 1. The fourth-order valence-corrected chi connectivity index (χ4v) is 2.87. The lowest BCUT2D eigenvalue weighted by molar-refractivity contribution is 0.148. The van der Waals surface area contributed by atoms with E-state index >= 15 is 0 Å². The molecule has 1 unspecified atom stereocenters. The normalized spacial score (nSPS) is 16.4. The lowest BCUT2D eigenvalue weighted by Crippen LogP contribution is -2.22. The van der Waals surface area contributed by atoms with Gasteiger partial charge < -0.3 is 14.6 Å². The first-order valence-corrected chi connectivity index (χ1v) is 7.42. The molecule has 110 valence electrons. The zero-order valence-corrected chi connectivity index (χ0v) is 12.8. The van der Waals surface area contributed by atoms with E-state index in [1.54, 1.807) is 18.2 Å². The Labute approximate surface area is 130 Å². The Morgan fingerprint density at radius 2 is 2.14 bits per heavy atom. The molecule has 0 bridgehead atoms. The second-order valence-corrected chi connectivity index (χ2v) is 5.78. The van der Waals surface area contributed by atoms with Crippen molar-refractivity contribution in [3.8, 4) is 11.5 Å². The number of halogens is 2. The largest absolute Gasteiger partial charge is 0.489 e. The van der Waals surface area contributed by atoms with Gasteiger partial charge in [-0.3, -0.25) is 0 Å². The number of aliphatic hydroxyl groups excluding tert-OH is 1. The molecule has 5 heteroatoms. The molecule has 1 aliphatic rings. The predicted molar refractivity (Wildman–Crippen MR) is 80.1 cm³/mol. The molecule has 0 saturated heterocycles. The molecule has 2 aromatic rings. The van der Waals surface area contributed by atoms with Gasteiger partial charge in [-0.1, -0.05) is 6.07 Å². The average molecular weight is 353 g/mol. The molecule has 1 N–H and O–H groups in total. The van der Waals surface area contributed by atoms with Gasteiger partial charge in [-0.05, 0) is 51.8 Å². The molecule has 1 heterocycles. The third-order valence-electron chi connectivity index (χ3n) is 3.37. The molecular weight excluding hydrogens is 339 g/mol. The van der Waals surface area contributed by atoms with Crippen LogP contribution < -0.4 is 9.47 Å². The lowest BCUT2D eigenvalue weighted by atomic mass is 10.1. The third kappa shape index (κ3) is 3.19. The summed E-state index contributed by atoms with van der Waals surface area (Å²) in [7, 11) is 0. The smallest absolute Gasteiger partial charge is 0.137 e. The summed E-state index contributed by atoms with van der Waals surface area (Å²) in [5, 5.41) is 9.07. The number of rotatable bonds is 4. The van der Waals surface area contributed by atoms with Crippen molar-refractivity contribution in [2.45, 2.75) is 19.1 Å². The van der Waals surface area contributed by atoms with Gasteiger partial charge in [0.1, 0.15) is 30.0 Å². The highest BCUT2D eigenvalue weighted by molar-refractivity contribution is 9.10. The first kappa shape index (κ1) is 14.4. The summed E-state index contributed by atoms with van der Waals surface area (Å²) in [5.41, 5.74) is 1.69. The van der Waals surface area contributed by atoms with Crippen LogP contribution in [0.25, 0.3) is 0 Å². The molecule has 1 atom stereocenters. The van der Waals surface area contributed by atoms with E-state index in [1.807, 2.05) is 6.07 Å². The number of ether oxygens (including phenoxy) is 2. The third-order valence-corrected chi connectivity index (χ3v) is 3.99. The molecule has 3 nitrogen and oxygen atoms in total. The van der Waals surface area contributed by atoms with Crippen molar-refractivity contribution >= 4 is 15.9 Å². The molecule has 0 spiro atoms. The van der Waals surface area contributed by atoms with Gasteiger partial charge in [0.2, 0.25) is 0 Å². The van der Waals surface area contributed by atoms with E-state index in [2.05, 4.69) is 15.9 Å². The fourth-order valence-electron chi connectivity index (χ4n) is 2.32. The zero-order valence-electron chi connectivity index (χ0n) is 11.2. The molecule has 2 aromatic carbocycles. The SMILES string of the molecule is OCc1ccc(OCC2Cc3cc(F)ccc3O2)c(Br)c1. The van der Waals surface area contributed by atoms with Crippen LogP contribution in [0.3, 0.4) is 0 Å². The van der Waals surface area contributed by atoms with Gasteiger partial charge in [0, 0.05) is 12.0 Å². The van der Waals surface area contributed by atoms with Crippen LogP contribution in [0.4, 0.5) is 4.39 Å². The van der Waals surface area contributed by atoms with Crippen LogP contribution in [0.2, 0.25) is 0 Å². The Kier molecular flexibility index (Phi) is 4.12. The van der Waals surface area contributed by atoms with E-state index in [1.165, 1.54) is 12.1 Å². The van der Waals surface area contributed by atoms with Crippen molar-refractivity contribution < 1.29 is 19.0 Å². The van der Waals surface area contributed by atoms with E-state index in [4.69, 9.17) is 14.6 Å². The molecule has 0 aromatic heterocycles. The van der Waals surface area contributed by atoms with Crippen LogP contribution in [-0.4, -0.2) is 17.8 Å². The fraction of sp³-hybridized carbons (Fsp3) is 0.250. The maximum Gasteiger partial charge on any atom is 0.137 e. The van der Waals surface area contributed by atoms with E-state index in [0.717, 1.165) is 21.3 Å². The van der Waals surface area contributed by atoms with Gasteiger partial charge in [-0.25, -0.2) is 4.39 Å². The summed E-state index contributed by atoms with van der Waals surface area (Å²) in [6.07, 6.45) is 0.519. The van der Waals surface area contributed by atoms with Gasteiger partial charge in [-0.15, -0.1) is 0 Å². The van der Waals surface area contributed by atoms with E-state index in [0.29, 0.717) is 18.8 Å². The van der Waals surface area contributed by atoms with Gasteiger partial charge in [0.15, 0.2) is 0 Å². The minimum Gasteiger partial charge on any atom is -0.489 e. The Morgan fingerprint density at radius 1 is 1.29 bits per heavy atom. The quantitative estimate of drug-likeness (QED) is 0.915. The molecule has 0 aliphatic carbocycles. The first-order chi connectivity index (χ1) is 10.2. The lowest BCUT2D eigenvalue weighted by Gasteiger charge is -2.13. The second kappa shape index (κ2) is 6.03. The summed E-state index contributed by atoms with van der Waals surface area (Å²) >= 11 is 3.41. The molecular formula is C16H14BrFO3. The van der Waals surface area contributed by atoms with E-state index in [9.17, 15) is 4.39 Å². The second-order valence-electron chi connectivity index (χ2n) is 4.93. The number of benzene rings is 2. The Bertz CT molecular complexity index is 660. The summed E-state index contributed by atoms with van der Waals surface area (Å²) in [4.78, 5) is 0. The van der Waals surface area contributed by atoms with Crippen molar-refractivity contribution in [2.24, 2.45) is 0 Å². The van der Waals surface area contributed by atoms with Gasteiger partial charge in [0.25, 0.3) is 0 Å². The number of aliphatic hydroxyl groups is 1. The minimum atomic E-state index is -0.249. The predicted octanol–water partition coefficient (Wildman–Crippen LogP) is 3.46. The van der Waals surface area contributed by atoms with E-state index in [-0.39, 0.29) is 18.5 Å². The molecule has 0 radical (unpaired) electrons. The molecule has 0 amide bonds. The molecule has 0 fully saturated rings.